The summed E-state index contributed by atoms with van der Waals surface area (Å²) >= 11 is 1.36. The monoisotopic (exact) mass is 374 g/mol. The summed E-state index contributed by atoms with van der Waals surface area (Å²) in [6.07, 6.45) is 3.30. The zero-order chi connectivity index (χ0) is 18.8. The molecule has 3 rings (SSSR count). The fraction of sp³-hybridized carbons (Fsp3) is 0.412. The van der Waals surface area contributed by atoms with Gasteiger partial charge in [-0.1, -0.05) is 11.8 Å². The second kappa shape index (κ2) is 7.36. The zero-order valence-corrected chi connectivity index (χ0v) is 16.2. The molecule has 0 aromatic carbocycles. The van der Waals surface area contributed by atoms with Crippen molar-refractivity contribution in [3.63, 3.8) is 0 Å². The Morgan fingerprint density at radius 2 is 2.04 bits per heavy atom. The molecule has 0 saturated heterocycles. The predicted octanol–water partition coefficient (Wildman–Crippen LogP) is 3.28. The Morgan fingerprint density at radius 3 is 2.69 bits per heavy atom. The second-order valence-electron chi connectivity index (χ2n) is 6.26. The van der Waals surface area contributed by atoms with E-state index in [0.717, 1.165) is 11.3 Å². The van der Waals surface area contributed by atoms with Gasteiger partial charge in [0.2, 0.25) is 5.91 Å². The molecule has 3 aromatic rings. The maximum absolute atomic E-state index is 12.5. The average molecular weight is 374 g/mol. The van der Waals surface area contributed by atoms with Crippen LogP contribution in [0.5, 0.6) is 0 Å². The van der Waals surface area contributed by atoms with E-state index >= 15 is 0 Å². The Morgan fingerprint density at radius 1 is 1.27 bits per heavy atom. The van der Waals surface area contributed by atoms with Crippen molar-refractivity contribution in [2.75, 3.05) is 5.32 Å². The van der Waals surface area contributed by atoms with E-state index in [2.05, 4.69) is 20.6 Å². The minimum absolute atomic E-state index is 0.110. The number of thioether (sulfide) groups is 1. The van der Waals surface area contributed by atoms with Gasteiger partial charge in [0.05, 0.1) is 23.3 Å². The molecule has 8 nitrogen and oxygen atoms in total. The summed E-state index contributed by atoms with van der Waals surface area (Å²) in [5, 5.41) is 15.9. The molecule has 138 valence electrons. The minimum Gasteiger partial charge on any atom is -0.469 e. The number of aryl methyl sites for hydroxylation is 1. The van der Waals surface area contributed by atoms with Crippen LogP contribution in [0.2, 0.25) is 0 Å². The standard InChI is InChI=1S/C17H22N6O2S/c1-10(2)23-14(6-8-18-23)19-16(24)12(4)26-17-21-20-15(22(17)5)13-7-9-25-11(13)3/h6-10,12H,1-5H3,(H,19,24)/t12-/m1/s1. The van der Waals surface area contributed by atoms with E-state index in [1.165, 1.54) is 11.8 Å². The average Bonchev–Trinajstić information content (AvgIpc) is 3.29. The van der Waals surface area contributed by atoms with E-state index in [-0.39, 0.29) is 17.2 Å². The maximum atomic E-state index is 12.5. The number of nitrogens with zero attached hydrogens (tertiary/aromatic N) is 5. The molecule has 1 amide bonds. The van der Waals surface area contributed by atoms with Gasteiger partial charge in [-0.15, -0.1) is 10.2 Å². The lowest BCUT2D eigenvalue weighted by Crippen LogP contribution is -2.25. The van der Waals surface area contributed by atoms with Gasteiger partial charge in [0, 0.05) is 19.2 Å². The lowest BCUT2D eigenvalue weighted by atomic mass is 10.2. The number of carbonyl (C=O) groups excluding carboxylic acids is 1. The molecule has 0 fully saturated rings. The van der Waals surface area contributed by atoms with Gasteiger partial charge in [-0.3, -0.25) is 4.79 Å². The summed E-state index contributed by atoms with van der Waals surface area (Å²) in [5.74, 6) is 2.07. The molecule has 0 spiro atoms. The molecule has 26 heavy (non-hydrogen) atoms. The lowest BCUT2D eigenvalue weighted by molar-refractivity contribution is -0.115. The van der Waals surface area contributed by atoms with Crippen LogP contribution in [-0.2, 0) is 11.8 Å². The van der Waals surface area contributed by atoms with Gasteiger partial charge in [0.1, 0.15) is 11.6 Å². The van der Waals surface area contributed by atoms with Crippen molar-refractivity contribution in [3.05, 3.63) is 30.4 Å². The third kappa shape index (κ3) is 3.52. The Kier molecular flexibility index (Phi) is 5.17. The molecule has 0 bridgehead atoms. The van der Waals surface area contributed by atoms with Crippen LogP contribution in [0.1, 0.15) is 32.6 Å². The molecular weight excluding hydrogens is 352 g/mol. The number of hydrogen-bond acceptors (Lipinski definition) is 6. The fourth-order valence-corrected chi connectivity index (χ4v) is 3.35. The summed E-state index contributed by atoms with van der Waals surface area (Å²) in [5.41, 5.74) is 0.893. The largest absolute Gasteiger partial charge is 0.469 e. The molecule has 3 heterocycles. The van der Waals surface area contributed by atoms with Crippen LogP contribution >= 0.6 is 11.8 Å². The molecule has 0 aliphatic carbocycles. The van der Waals surface area contributed by atoms with Crippen molar-refractivity contribution in [2.24, 2.45) is 7.05 Å². The first kappa shape index (κ1) is 18.2. The highest BCUT2D eigenvalue weighted by molar-refractivity contribution is 8.00. The smallest absolute Gasteiger partial charge is 0.238 e. The van der Waals surface area contributed by atoms with Crippen molar-refractivity contribution in [3.8, 4) is 11.4 Å². The maximum Gasteiger partial charge on any atom is 0.238 e. The molecule has 3 aromatic heterocycles. The third-order valence-corrected chi connectivity index (χ3v) is 5.13. The first-order valence-electron chi connectivity index (χ1n) is 8.33. The SMILES string of the molecule is Cc1occc1-c1nnc(S[C@H](C)C(=O)Nc2ccnn2C(C)C)n1C. The van der Waals surface area contributed by atoms with Gasteiger partial charge in [-0.2, -0.15) is 5.10 Å². The van der Waals surface area contributed by atoms with Gasteiger partial charge in [-0.05, 0) is 33.8 Å². The van der Waals surface area contributed by atoms with Crippen molar-refractivity contribution >= 4 is 23.5 Å². The summed E-state index contributed by atoms with van der Waals surface area (Å²) < 4.78 is 8.97. The third-order valence-electron chi connectivity index (χ3n) is 4.00. The van der Waals surface area contributed by atoms with E-state index in [1.54, 1.807) is 23.2 Å². The predicted molar refractivity (Wildman–Crippen MR) is 100 cm³/mol. The number of hydrogen-bond donors (Lipinski definition) is 1. The number of nitrogens with one attached hydrogen (secondary N) is 1. The molecule has 1 atom stereocenters. The van der Waals surface area contributed by atoms with E-state index in [0.29, 0.717) is 16.8 Å². The number of amides is 1. The summed E-state index contributed by atoms with van der Waals surface area (Å²) in [4.78, 5) is 12.5. The van der Waals surface area contributed by atoms with Crippen LogP contribution in [0.4, 0.5) is 5.82 Å². The highest BCUT2D eigenvalue weighted by Gasteiger charge is 2.21. The number of aromatic nitrogens is 5. The van der Waals surface area contributed by atoms with Gasteiger partial charge in [-0.25, -0.2) is 4.68 Å². The van der Waals surface area contributed by atoms with Crippen molar-refractivity contribution in [2.45, 2.75) is 44.1 Å². The van der Waals surface area contributed by atoms with Crippen LogP contribution in [0, 0.1) is 6.92 Å². The summed E-state index contributed by atoms with van der Waals surface area (Å²) in [7, 11) is 1.88. The minimum atomic E-state index is -0.341. The second-order valence-corrected chi connectivity index (χ2v) is 7.57. The van der Waals surface area contributed by atoms with Gasteiger partial charge < -0.3 is 14.3 Å². The van der Waals surface area contributed by atoms with Crippen molar-refractivity contribution in [1.29, 1.82) is 0 Å². The molecule has 1 N–H and O–H groups in total. The lowest BCUT2D eigenvalue weighted by Gasteiger charge is -2.14. The number of rotatable bonds is 6. The topological polar surface area (TPSA) is 90.8 Å². The Bertz CT molecular complexity index is 910. The first-order valence-corrected chi connectivity index (χ1v) is 9.21. The Labute approximate surface area is 156 Å². The van der Waals surface area contributed by atoms with Crippen LogP contribution < -0.4 is 5.32 Å². The highest BCUT2D eigenvalue weighted by atomic mass is 32.2. The summed E-state index contributed by atoms with van der Waals surface area (Å²) in [6.45, 7) is 7.75. The molecule has 0 unspecified atom stereocenters. The molecular formula is C17H22N6O2S. The van der Waals surface area contributed by atoms with E-state index in [9.17, 15) is 4.79 Å². The van der Waals surface area contributed by atoms with Crippen molar-refractivity contribution in [1.82, 2.24) is 24.5 Å². The molecule has 0 radical (unpaired) electrons. The van der Waals surface area contributed by atoms with Crippen LogP contribution in [0.25, 0.3) is 11.4 Å². The number of carbonyl (C=O) groups is 1. The van der Waals surface area contributed by atoms with E-state index in [1.807, 2.05) is 45.4 Å². The first-order chi connectivity index (χ1) is 12.4. The molecule has 9 heteroatoms. The van der Waals surface area contributed by atoms with Crippen LogP contribution in [-0.4, -0.2) is 35.7 Å². The number of anilines is 1. The molecule has 0 aliphatic rings. The van der Waals surface area contributed by atoms with Gasteiger partial charge in [0.25, 0.3) is 0 Å². The fourth-order valence-electron chi connectivity index (χ4n) is 2.53. The van der Waals surface area contributed by atoms with Crippen molar-refractivity contribution < 1.29 is 9.21 Å². The molecule has 0 saturated carbocycles. The molecule has 0 aliphatic heterocycles. The summed E-state index contributed by atoms with van der Waals surface area (Å²) in [6, 6.07) is 3.82. The normalized spacial score (nSPS) is 12.5. The van der Waals surface area contributed by atoms with Gasteiger partial charge >= 0.3 is 0 Å². The zero-order valence-electron chi connectivity index (χ0n) is 15.4. The van der Waals surface area contributed by atoms with Crippen LogP contribution in [0.15, 0.2) is 34.2 Å². The Balaban J connectivity index is 1.71. The van der Waals surface area contributed by atoms with E-state index in [4.69, 9.17) is 4.42 Å². The Hall–Kier alpha value is -2.55. The quantitative estimate of drug-likeness (QED) is 0.666. The van der Waals surface area contributed by atoms with Crippen LogP contribution in [0.3, 0.4) is 0 Å². The van der Waals surface area contributed by atoms with Gasteiger partial charge in [0.15, 0.2) is 11.0 Å². The highest BCUT2D eigenvalue weighted by Crippen LogP contribution is 2.28. The number of furan rings is 1. The van der Waals surface area contributed by atoms with E-state index < -0.39 is 0 Å².